The van der Waals surface area contributed by atoms with Gasteiger partial charge in [-0.3, -0.25) is 14.5 Å². The topological polar surface area (TPSA) is 66.8 Å². The highest BCUT2D eigenvalue weighted by molar-refractivity contribution is 6.34. The number of hydrogen-bond donors (Lipinski definition) is 1. The van der Waals surface area contributed by atoms with E-state index in [1.807, 2.05) is 0 Å². The number of ether oxygens (including phenoxy) is 1. The van der Waals surface area contributed by atoms with Crippen LogP contribution in [0.15, 0.2) is 18.2 Å². The van der Waals surface area contributed by atoms with Gasteiger partial charge in [0, 0.05) is 11.1 Å². The lowest BCUT2D eigenvalue weighted by atomic mass is 9.81. The van der Waals surface area contributed by atoms with Gasteiger partial charge >= 0.3 is 0 Å². The smallest absolute Gasteiger partial charge is 0.233 e. The molecule has 5 nitrogen and oxygen atoms in total. The third-order valence-electron chi connectivity index (χ3n) is 4.65. The Morgan fingerprint density at radius 2 is 1.79 bits per heavy atom. The maximum atomic E-state index is 12.4. The lowest BCUT2D eigenvalue weighted by molar-refractivity contribution is -0.141. The molecule has 1 saturated carbocycles. The van der Waals surface area contributed by atoms with Gasteiger partial charge in [0.2, 0.25) is 11.8 Å². The van der Waals surface area contributed by atoms with Crippen molar-refractivity contribution >= 4 is 35.0 Å². The summed E-state index contributed by atoms with van der Waals surface area (Å²) in [7, 11) is 0. The molecule has 2 fully saturated rings. The zero-order valence-corrected chi connectivity index (χ0v) is 14.6. The van der Waals surface area contributed by atoms with Gasteiger partial charge in [-0.15, -0.1) is 0 Å². The molecular weight excluding hydrogens is 353 g/mol. The van der Waals surface area contributed by atoms with Gasteiger partial charge in [0.05, 0.1) is 23.4 Å². The first-order chi connectivity index (χ1) is 11.5. The molecule has 2 aliphatic rings. The molecule has 7 heteroatoms. The molecule has 1 heterocycles. The van der Waals surface area contributed by atoms with E-state index in [1.54, 1.807) is 18.2 Å². The number of fused-ring (bicyclic) bond motifs is 1. The number of imide groups is 1. The number of carbonyl (C=O) groups is 2. The van der Waals surface area contributed by atoms with Crippen LogP contribution in [0.4, 0.5) is 0 Å². The fraction of sp³-hybridized carbons (Fsp3) is 0.529. The molecule has 0 spiro atoms. The number of nitrogens with zero attached hydrogens (tertiary/aromatic N) is 1. The summed E-state index contributed by atoms with van der Waals surface area (Å²) in [6, 6.07) is 4.79. The number of β-amino-alcohol motifs (C(OH)–C–C–N with tert-alkyl or cyclic N) is 1. The first-order valence-electron chi connectivity index (χ1n) is 8.08. The third-order valence-corrected chi connectivity index (χ3v) is 5.20. The van der Waals surface area contributed by atoms with Crippen molar-refractivity contribution in [1.29, 1.82) is 0 Å². The Morgan fingerprint density at radius 1 is 1.17 bits per heavy atom. The zero-order valence-electron chi connectivity index (χ0n) is 13.1. The second-order valence-corrected chi connectivity index (χ2v) is 7.17. The molecule has 0 bridgehead atoms. The third kappa shape index (κ3) is 3.53. The SMILES string of the molecule is O=C1[C@@H]2CCCC[C@H]2C(=O)N1C[C@H](O)COc1cc(Cl)ccc1Cl. The predicted octanol–water partition coefficient (Wildman–Crippen LogP) is 2.91. The van der Waals surface area contributed by atoms with Crippen LogP contribution in [0.2, 0.25) is 10.0 Å². The van der Waals surface area contributed by atoms with Crippen LogP contribution >= 0.6 is 23.2 Å². The maximum Gasteiger partial charge on any atom is 0.233 e. The summed E-state index contributed by atoms with van der Waals surface area (Å²) in [4.78, 5) is 25.9. The number of halogens is 2. The summed E-state index contributed by atoms with van der Waals surface area (Å²) in [6.07, 6.45) is 2.50. The summed E-state index contributed by atoms with van der Waals surface area (Å²) in [6.45, 7) is -0.130. The predicted molar refractivity (Wildman–Crippen MR) is 90.1 cm³/mol. The van der Waals surface area contributed by atoms with Gasteiger partial charge in [-0.25, -0.2) is 0 Å². The van der Waals surface area contributed by atoms with Crippen LogP contribution in [-0.4, -0.2) is 41.1 Å². The summed E-state index contributed by atoms with van der Waals surface area (Å²) in [5, 5.41) is 11.0. The van der Waals surface area contributed by atoms with Crippen LogP contribution in [0, 0.1) is 11.8 Å². The summed E-state index contributed by atoms with van der Waals surface area (Å²) >= 11 is 11.9. The Bertz CT molecular complexity index is 627. The number of hydrogen-bond acceptors (Lipinski definition) is 4. The van der Waals surface area contributed by atoms with Crippen molar-refractivity contribution in [2.45, 2.75) is 31.8 Å². The van der Waals surface area contributed by atoms with Gasteiger partial charge in [-0.2, -0.15) is 0 Å². The van der Waals surface area contributed by atoms with Crippen molar-refractivity contribution in [3.8, 4) is 5.75 Å². The Kier molecular flexibility index (Phi) is 5.33. The summed E-state index contributed by atoms with van der Waals surface area (Å²) in [5.74, 6) is -0.381. The number of amides is 2. The number of rotatable bonds is 5. The molecule has 1 aromatic rings. The number of carbonyl (C=O) groups excluding carboxylic acids is 2. The van der Waals surface area contributed by atoms with Crippen molar-refractivity contribution in [3.05, 3.63) is 28.2 Å². The highest BCUT2D eigenvalue weighted by atomic mass is 35.5. The monoisotopic (exact) mass is 371 g/mol. The molecule has 1 saturated heterocycles. The van der Waals surface area contributed by atoms with E-state index in [0.717, 1.165) is 25.7 Å². The van der Waals surface area contributed by atoms with Crippen LogP contribution in [0.1, 0.15) is 25.7 Å². The van der Waals surface area contributed by atoms with Gasteiger partial charge in [-0.1, -0.05) is 36.0 Å². The maximum absolute atomic E-state index is 12.4. The lowest BCUT2D eigenvalue weighted by Crippen LogP contribution is -2.40. The Labute approximate surface area is 150 Å². The second kappa shape index (κ2) is 7.30. The van der Waals surface area contributed by atoms with Crippen molar-refractivity contribution < 1.29 is 19.4 Å². The van der Waals surface area contributed by atoms with Gasteiger partial charge in [0.1, 0.15) is 18.5 Å². The molecule has 3 rings (SSSR count). The van der Waals surface area contributed by atoms with E-state index in [4.69, 9.17) is 27.9 Å². The van der Waals surface area contributed by atoms with E-state index in [1.165, 1.54) is 4.90 Å². The molecule has 0 aromatic heterocycles. The molecule has 0 radical (unpaired) electrons. The summed E-state index contributed by atoms with van der Waals surface area (Å²) in [5.41, 5.74) is 0. The minimum absolute atomic E-state index is 0.0527. The number of likely N-dealkylation sites (tertiary alicyclic amines) is 1. The molecule has 3 atom stereocenters. The van der Waals surface area contributed by atoms with Crippen molar-refractivity contribution in [2.24, 2.45) is 11.8 Å². The largest absolute Gasteiger partial charge is 0.489 e. The van der Waals surface area contributed by atoms with E-state index < -0.39 is 6.10 Å². The van der Waals surface area contributed by atoms with Crippen molar-refractivity contribution in [1.82, 2.24) is 4.90 Å². The first-order valence-corrected chi connectivity index (χ1v) is 8.84. The average Bonchev–Trinajstić information content (AvgIpc) is 2.81. The second-order valence-electron chi connectivity index (χ2n) is 6.32. The molecule has 1 aliphatic heterocycles. The molecule has 1 N–H and O–H groups in total. The van der Waals surface area contributed by atoms with Gasteiger partial charge in [-0.05, 0) is 25.0 Å². The van der Waals surface area contributed by atoms with E-state index in [2.05, 4.69) is 0 Å². The van der Waals surface area contributed by atoms with E-state index >= 15 is 0 Å². The fourth-order valence-electron chi connectivity index (χ4n) is 3.45. The van der Waals surface area contributed by atoms with Crippen molar-refractivity contribution in [3.63, 3.8) is 0 Å². The van der Waals surface area contributed by atoms with E-state index in [-0.39, 0.29) is 36.8 Å². The minimum Gasteiger partial charge on any atom is -0.489 e. The normalized spacial score (nSPS) is 24.9. The molecule has 0 unspecified atom stereocenters. The lowest BCUT2D eigenvalue weighted by Gasteiger charge is -2.19. The van der Waals surface area contributed by atoms with Crippen LogP contribution in [0.5, 0.6) is 5.75 Å². The minimum atomic E-state index is -0.979. The zero-order chi connectivity index (χ0) is 17.3. The number of aliphatic hydroxyl groups is 1. The molecule has 1 aromatic carbocycles. The van der Waals surface area contributed by atoms with Gasteiger partial charge in [0.15, 0.2) is 0 Å². The standard InChI is InChI=1S/C17H19Cl2NO4/c18-10-5-6-14(19)15(7-10)24-9-11(21)8-20-16(22)12-3-1-2-4-13(12)17(20)23/h5-7,11-13,21H,1-4,8-9H2/t11-,12+,13+/m0/s1. The van der Waals surface area contributed by atoms with Crippen molar-refractivity contribution in [2.75, 3.05) is 13.2 Å². The average molecular weight is 372 g/mol. The Hall–Kier alpha value is -1.30. The van der Waals surface area contributed by atoms with E-state index in [9.17, 15) is 14.7 Å². The fourth-order valence-corrected chi connectivity index (χ4v) is 3.78. The number of aliphatic hydroxyl groups excluding tert-OH is 1. The summed E-state index contributed by atoms with van der Waals surface area (Å²) < 4.78 is 5.46. The highest BCUT2D eigenvalue weighted by Gasteiger charge is 2.48. The Morgan fingerprint density at radius 3 is 2.42 bits per heavy atom. The Balaban J connectivity index is 1.58. The van der Waals surface area contributed by atoms with Crippen LogP contribution in [0.3, 0.4) is 0 Å². The van der Waals surface area contributed by atoms with Crippen LogP contribution < -0.4 is 4.74 Å². The van der Waals surface area contributed by atoms with Crippen LogP contribution in [-0.2, 0) is 9.59 Å². The quantitative estimate of drug-likeness (QED) is 0.808. The molecule has 24 heavy (non-hydrogen) atoms. The number of benzene rings is 1. The van der Waals surface area contributed by atoms with Gasteiger partial charge < -0.3 is 9.84 Å². The van der Waals surface area contributed by atoms with E-state index in [0.29, 0.717) is 15.8 Å². The first kappa shape index (κ1) is 17.5. The molecule has 2 amide bonds. The molecule has 130 valence electrons. The molecule has 1 aliphatic carbocycles. The highest BCUT2D eigenvalue weighted by Crippen LogP contribution is 2.38. The molecular formula is C17H19Cl2NO4. The van der Waals surface area contributed by atoms with Gasteiger partial charge in [0.25, 0.3) is 0 Å². The van der Waals surface area contributed by atoms with Crippen LogP contribution in [0.25, 0.3) is 0 Å².